The van der Waals surface area contributed by atoms with Crippen LogP contribution in [0.5, 0.6) is 0 Å². The lowest BCUT2D eigenvalue weighted by Gasteiger charge is -2.36. The van der Waals surface area contributed by atoms with E-state index in [-0.39, 0.29) is 33.6 Å². The number of hydrogen-bond acceptors (Lipinski definition) is 8. The van der Waals surface area contributed by atoms with E-state index >= 15 is 0 Å². The summed E-state index contributed by atoms with van der Waals surface area (Å²) >= 11 is 0. The Morgan fingerprint density at radius 3 is 2.54 bits per heavy atom. The summed E-state index contributed by atoms with van der Waals surface area (Å²) in [6.45, 7) is 9.56. The average molecular weight is 555 g/mol. The summed E-state index contributed by atoms with van der Waals surface area (Å²) in [5.74, 6) is 2.94. The van der Waals surface area contributed by atoms with E-state index in [9.17, 15) is 5.11 Å². The van der Waals surface area contributed by atoms with Crippen molar-refractivity contribution in [2.24, 2.45) is 0 Å². The Balaban J connectivity index is 0.00000154. The SMILES string of the molecule is C.Cc1nc(N2CC3(CO)CC2CO3)cc(-n2ncc3cc(C)c(C4CCN([C@H]5CCOC5)CC4)cc32)n1.S. The van der Waals surface area contributed by atoms with Crippen LogP contribution in [0.1, 0.15) is 56.0 Å². The monoisotopic (exact) mass is 554 g/mol. The highest BCUT2D eigenvalue weighted by Crippen LogP contribution is 2.40. The lowest BCUT2D eigenvalue weighted by atomic mass is 9.86. The van der Waals surface area contributed by atoms with Crippen molar-refractivity contribution in [1.82, 2.24) is 24.6 Å². The Bertz CT molecular complexity index is 1320. The molecule has 2 aromatic heterocycles. The molecule has 2 bridgehead atoms. The van der Waals surface area contributed by atoms with Crippen molar-refractivity contribution in [3.05, 3.63) is 41.3 Å². The molecule has 6 heterocycles. The maximum atomic E-state index is 9.90. The molecule has 7 rings (SSSR count). The number of rotatable bonds is 5. The summed E-state index contributed by atoms with van der Waals surface area (Å²) < 4.78 is 13.5. The zero-order valence-electron chi connectivity index (χ0n) is 22.3. The molecular weight excluding hydrogens is 512 g/mol. The van der Waals surface area contributed by atoms with E-state index in [1.807, 2.05) is 23.9 Å². The van der Waals surface area contributed by atoms with Gasteiger partial charge in [0, 0.05) is 30.5 Å². The molecule has 0 radical (unpaired) electrons. The smallest absolute Gasteiger partial charge is 0.159 e. The Labute approximate surface area is 238 Å². The van der Waals surface area contributed by atoms with Crippen molar-refractivity contribution in [3.8, 4) is 5.82 Å². The molecule has 1 aromatic carbocycles. The number of aliphatic hydroxyl groups is 1. The zero-order chi connectivity index (χ0) is 25.1. The molecule has 9 nitrogen and oxygen atoms in total. The fourth-order valence-corrected chi connectivity index (χ4v) is 7.00. The van der Waals surface area contributed by atoms with Crippen molar-refractivity contribution >= 4 is 30.2 Å². The molecule has 4 fully saturated rings. The van der Waals surface area contributed by atoms with Crippen molar-refractivity contribution in [1.29, 1.82) is 0 Å². The minimum atomic E-state index is -0.463. The lowest BCUT2D eigenvalue weighted by molar-refractivity contribution is -0.0375. The first-order valence-corrected chi connectivity index (χ1v) is 13.7. The van der Waals surface area contributed by atoms with E-state index < -0.39 is 5.60 Å². The predicted octanol–water partition coefficient (Wildman–Crippen LogP) is 3.49. The van der Waals surface area contributed by atoms with Gasteiger partial charge in [0.1, 0.15) is 17.2 Å². The summed E-state index contributed by atoms with van der Waals surface area (Å²) in [6.07, 6.45) is 6.30. The van der Waals surface area contributed by atoms with Crippen LogP contribution in [-0.2, 0) is 9.47 Å². The summed E-state index contributed by atoms with van der Waals surface area (Å²) in [5.41, 5.74) is 3.40. The number of piperidine rings is 1. The van der Waals surface area contributed by atoms with Crippen molar-refractivity contribution < 1.29 is 14.6 Å². The maximum absolute atomic E-state index is 9.90. The van der Waals surface area contributed by atoms with E-state index in [4.69, 9.17) is 24.5 Å². The van der Waals surface area contributed by atoms with Gasteiger partial charge in [-0.2, -0.15) is 18.6 Å². The second-order valence-corrected chi connectivity index (χ2v) is 11.4. The second kappa shape index (κ2) is 11.0. The van der Waals surface area contributed by atoms with Gasteiger partial charge in [0.15, 0.2) is 5.82 Å². The van der Waals surface area contributed by atoms with Crippen LogP contribution in [-0.4, -0.2) is 93.5 Å². The standard InChI is InChI=1S/C28H36N6O3.CH4.H2S/c1-18-9-21-13-29-34(25(21)10-24(18)20-3-6-32(7-4-20)22-5-8-36-14-22)27-11-26(30-19(2)31-27)33-16-28(17-35)12-23(33)15-37-28;;/h9-11,13,20,22-23,35H,3-8,12,14-17H2,1-2H3;1H4;1H2/t22-,23?,28?;;/m0../s1. The minimum absolute atomic E-state index is 0. The Hall–Kier alpha value is -2.24. The Morgan fingerprint density at radius 2 is 1.82 bits per heavy atom. The molecule has 212 valence electrons. The van der Waals surface area contributed by atoms with E-state index in [1.165, 1.54) is 30.4 Å². The van der Waals surface area contributed by atoms with Gasteiger partial charge in [-0.15, -0.1) is 0 Å². The third-order valence-electron chi connectivity index (χ3n) is 9.05. The van der Waals surface area contributed by atoms with Gasteiger partial charge in [-0.25, -0.2) is 14.6 Å². The highest BCUT2D eigenvalue weighted by Gasteiger charge is 2.51. The first kappa shape index (κ1) is 28.3. The first-order valence-electron chi connectivity index (χ1n) is 13.7. The molecule has 4 saturated heterocycles. The molecule has 10 heteroatoms. The van der Waals surface area contributed by atoms with Gasteiger partial charge < -0.3 is 19.5 Å². The number of anilines is 1. The summed E-state index contributed by atoms with van der Waals surface area (Å²) in [4.78, 5) is 14.4. The molecule has 0 spiro atoms. The highest BCUT2D eigenvalue weighted by atomic mass is 32.1. The number of fused-ring (bicyclic) bond motifs is 3. The number of aryl methyl sites for hydroxylation is 2. The molecule has 0 saturated carbocycles. The van der Waals surface area contributed by atoms with E-state index in [0.29, 0.717) is 30.9 Å². The summed E-state index contributed by atoms with van der Waals surface area (Å²) in [5, 5.41) is 15.8. The number of nitrogens with zero attached hydrogens (tertiary/aromatic N) is 6. The number of morpholine rings is 1. The number of hydrogen-bond donors (Lipinski definition) is 1. The summed E-state index contributed by atoms with van der Waals surface area (Å²) in [7, 11) is 0. The van der Waals surface area contributed by atoms with Crippen LogP contribution in [0.25, 0.3) is 16.7 Å². The van der Waals surface area contributed by atoms with Crippen LogP contribution in [0, 0.1) is 13.8 Å². The fraction of sp³-hybridized carbons (Fsp3) is 0.621. The molecule has 4 aliphatic heterocycles. The normalized spacial score (nSPS) is 27.2. The molecule has 1 N–H and O–H groups in total. The van der Waals surface area contributed by atoms with E-state index in [2.05, 4.69) is 28.9 Å². The van der Waals surface area contributed by atoms with Crippen LogP contribution in [0.2, 0.25) is 0 Å². The van der Waals surface area contributed by atoms with Crippen molar-refractivity contribution in [2.75, 3.05) is 51.0 Å². The van der Waals surface area contributed by atoms with Gasteiger partial charge in [-0.1, -0.05) is 7.43 Å². The quantitative estimate of drug-likeness (QED) is 0.513. The largest absolute Gasteiger partial charge is 0.393 e. The maximum Gasteiger partial charge on any atom is 0.159 e. The van der Waals surface area contributed by atoms with Gasteiger partial charge in [0.2, 0.25) is 0 Å². The van der Waals surface area contributed by atoms with Crippen LogP contribution in [0.15, 0.2) is 24.4 Å². The molecule has 4 aliphatic rings. The topological polar surface area (TPSA) is 88.8 Å². The van der Waals surface area contributed by atoms with Crippen LogP contribution in [0.4, 0.5) is 5.82 Å². The molecule has 0 amide bonds. The lowest BCUT2D eigenvalue weighted by Crippen LogP contribution is -2.45. The van der Waals surface area contributed by atoms with Gasteiger partial charge in [0.05, 0.1) is 44.1 Å². The third-order valence-corrected chi connectivity index (χ3v) is 9.05. The van der Waals surface area contributed by atoms with Crippen LogP contribution in [0.3, 0.4) is 0 Å². The van der Waals surface area contributed by atoms with E-state index in [1.54, 1.807) is 0 Å². The molecule has 2 unspecified atom stereocenters. The van der Waals surface area contributed by atoms with Gasteiger partial charge in [0.25, 0.3) is 0 Å². The number of aliphatic hydroxyl groups excluding tert-OH is 1. The Morgan fingerprint density at radius 1 is 1.03 bits per heavy atom. The Kier molecular flexibility index (Phi) is 7.96. The molecule has 39 heavy (non-hydrogen) atoms. The number of likely N-dealkylation sites (tertiary alicyclic amines) is 1. The molecule has 3 atom stereocenters. The van der Waals surface area contributed by atoms with E-state index in [0.717, 1.165) is 55.3 Å². The third kappa shape index (κ3) is 4.95. The predicted molar refractivity (Wildman–Crippen MR) is 158 cm³/mol. The first-order chi connectivity index (χ1) is 18.0. The van der Waals surface area contributed by atoms with Crippen molar-refractivity contribution in [3.63, 3.8) is 0 Å². The van der Waals surface area contributed by atoms with Crippen LogP contribution >= 0.6 is 13.5 Å². The fourth-order valence-electron chi connectivity index (χ4n) is 7.00. The highest BCUT2D eigenvalue weighted by molar-refractivity contribution is 7.59. The molecular formula is C29H42N6O3S. The second-order valence-electron chi connectivity index (χ2n) is 11.4. The molecule has 0 aliphatic carbocycles. The number of ether oxygens (including phenoxy) is 2. The van der Waals surface area contributed by atoms with Gasteiger partial charge >= 0.3 is 0 Å². The van der Waals surface area contributed by atoms with Gasteiger partial charge in [-0.05, 0) is 75.4 Å². The zero-order valence-corrected chi connectivity index (χ0v) is 23.3. The molecule has 3 aromatic rings. The number of aromatic nitrogens is 4. The number of benzene rings is 1. The summed E-state index contributed by atoms with van der Waals surface area (Å²) in [6, 6.07) is 7.50. The average Bonchev–Trinajstić information content (AvgIpc) is 3.72. The van der Waals surface area contributed by atoms with Crippen LogP contribution < -0.4 is 4.90 Å². The van der Waals surface area contributed by atoms with Gasteiger partial charge in [-0.3, -0.25) is 4.90 Å². The van der Waals surface area contributed by atoms with Crippen molar-refractivity contribution in [2.45, 2.75) is 70.6 Å². The minimum Gasteiger partial charge on any atom is -0.393 e.